The number of nitriles is 1. The lowest BCUT2D eigenvalue weighted by atomic mass is 9.84. The maximum absolute atomic E-state index is 13.1. The molecule has 4 rings (SSSR count). The second-order valence-electron chi connectivity index (χ2n) is 8.00. The van der Waals surface area contributed by atoms with E-state index in [0.717, 1.165) is 30.2 Å². The maximum atomic E-state index is 13.1. The first-order chi connectivity index (χ1) is 15.9. The number of aryl methyl sites for hydroxylation is 1. The maximum Gasteiger partial charge on any atom is 0.339 e. The lowest BCUT2D eigenvalue weighted by molar-refractivity contribution is -0.384. The number of para-hydroxylation sites is 1. The Morgan fingerprint density at radius 1 is 1.30 bits per heavy atom. The molecular weight excluding hydrogens is 424 g/mol. The molecule has 0 aliphatic heterocycles. The molecule has 166 valence electrons. The molecule has 1 aromatic heterocycles. The van der Waals surface area contributed by atoms with Gasteiger partial charge in [-0.15, -0.1) is 0 Å². The van der Waals surface area contributed by atoms with E-state index in [1.165, 1.54) is 12.1 Å². The predicted molar refractivity (Wildman–Crippen MR) is 120 cm³/mol. The summed E-state index contributed by atoms with van der Waals surface area (Å²) in [6, 6.07) is 12.7. The average Bonchev–Trinajstić information content (AvgIpc) is 2.81. The third-order valence-corrected chi connectivity index (χ3v) is 5.65. The van der Waals surface area contributed by atoms with E-state index in [9.17, 15) is 25.0 Å². The van der Waals surface area contributed by atoms with Crippen molar-refractivity contribution in [3.05, 3.63) is 75.0 Å². The number of nitrogens with zero attached hydrogens (tertiary/aromatic N) is 3. The van der Waals surface area contributed by atoms with Gasteiger partial charge in [-0.05, 0) is 42.9 Å². The third-order valence-electron chi connectivity index (χ3n) is 5.65. The molecule has 3 aromatic rings. The van der Waals surface area contributed by atoms with Gasteiger partial charge in [0.2, 0.25) is 0 Å². The number of aromatic nitrogens is 1. The standard InChI is InChI=1S/C24H20N4O5/c1-14-6-8-21-18(10-14)23(17-4-2-3-5-20(17)26-21)24(30)33-13-22(29)27-19-9-7-16(28(31)32)11-15(19)12-25/h2-5,7,9,11,14H,6,8,10,13H2,1H3,(H,27,29). The van der Waals surface area contributed by atoms with Crippen molar-refractivity contribution >= 4 is 34.2 Å². The Bertz CT molecular complexity index is 1330. The van der Waals surface area contributed by atoms with Crippen LogP contribution in [-0.4, -0.2) is 28.4 Å². The molecule has 1 heterocycles. The first-order valence-electron chi connectivity index (χ1n) is 10.4. The number of non-ortho nitro benzene ring substituents is 1. The number of carbonyl (C=O) groups is 2. The lowest BCUT2D eigenvalue weighted by Gasteiger charge is -2.24. The summed E-state index contributed by atoms with van der Waals surface area (Å²) in [5.74, 6) is -0.866. The molecule has 0 saturated heterocycles. The monoisotopic (exact) mass is 444 g/mol. The summed E-state index contributed by atoms with van der Waals surface area (Å²) in [6.45, 7) is 1.55. The van der Waals surface area contributed by atoms with Gasteiger partial charge in [0.15, 0.2) is 6.61 Å². The summed E-state index contributed by atoms with van der Waals surface area (Å²) in [6.07, 6.45) is 2.48. The molecule has 33 heavy (non-hydrogen) atoms. The highest BCUT2D eigenvalue weighted by Crippen LogP contribution is 2.32. The van der Waals surface area contributed by atoms with Crippen molar-refractivity contribution in [1.82, 2.24) is 4.98 Å². The molecule has 1 amide bonds. The van der Waals surface area contributed by atoms with E-state index in [4.69, 9.17) is 9.72 Å². The van der Waals surface area contributed by atoms with Gasteiger partial charge in [-0.3, -0.25) is 19.9 Å². The normalized spacial score (nSPS) is 14.7. The van der Waals surface area contributed by atoms with Crippen molar-refractivity contribution < 1.29 is 19.2 Å². The highest BCUT2D eigenvalue weighted by Gasteiger charge is 2.26. The van der Waals surface area contributed by atoms with Crippen molar-refractivity contribution in [1.29, 1.82) is 5.26 Å². The number of benzene rings is 2. The summed E-state index contributed by atoms with van der Waals surface area (Å²) in [5, 5.41) is 23.2. The molecule has 1 aliphatic carbocycles. The summed E-state index contributed by atoms with van der Waals surface area (Å²) in [4.78, 5) is 40.4. The van der Waals surface area contributed by atoms with Gasteiger partial charge in [0.1, 0.15) is 6.07 Å². The number of nitrogens with one attached hydrogen (secondary N) is 1. The highest BCUT2D eigenvalue weighted by atomic mass is 16.6. The fourth-order valence-electron chi connectivity index (χ4n) is 4.03. The average molecular weight is 444 g/mol. The van der Waals surface area contributed by atoms with Crippen molar-refractivity contribution in [3.8, 4) is 6.07 Å². The first-order valence-corrected chi connectivity index (χ1v) is 10.4. The number of nitro groups is 1. The fourth-order valence-corrected chi connectivity index (χ4v) is 4.03. The van der Waals surface area contributed by atoms with Crippen LogP contribution in [-0.2, 0) is 22.4 Å². The largest absolute Gasteiger partial charge is 0.452 e. The number of anilines is 1. The Hall–Kier alpha value is -4.32. The van der Waals surface area contributed by atoms with Crippen molar-refractivity contribution in [2.75, 3.05) is 11.9 Å². The number of hydrogen-bond acceptors (Lipinski definition) is 7. The van der Waals surface area contributed by atoms with E-state index in [2.05, 4.69) is 12.2 Å². The van der Waals surface area contributed by atoms with Crippen LogP contribution in [0, 0.1) is 27.4 Å². The van der Waals surface area contributed by atoms with Crippen LogP contribution in [0.25, 0.3) is 10.9 Å². The van der Waals surface area contributed by atoms with Crippen LogP contribution >= 0.6 is 0 Å². The number of pyridine rings is 1. The molecule has 0 spiro atoms. The highest BCUT2D eigenvalue weighted by molar-refractivity contribution is 6.06. The fraction of sp³-hybridized carbons (Fsp3) is 0.250. The van der Waals surface area contributed by atoms with Gasteiger partial charge in [-0.1, -0.05) is 25.1 Å². The predicted octanol–water partition coefficient (Wildman–Crippen LogP) is 3.93. The molecule has 1 N–H and O–H groups in total. The van der Waals surface area contributed by atoms with E-state index in [1.54, 1.807) is 0 Å². The smallest absolute Gasteiger partial charge is 0.339 e. The van der Waals surface area contributed by atoms with Gasteiger partial charge in [0.25, 0.3) is 11.6 Å². The zero-order valence-corrected chi connectivity index (χ0v) is 17.8. The summed E-state index contributed by atoms with van der Waals surface area (Å²) in [7, 11) is 0. The van der Waals surface area contributed by atoms with Crippen LogP contribution in [0.1, 0.15) is 40.5 Å². The van der Waals surface area contributed by atoms with Crippen LogP contribution < -0.4 is 5.32 Å². The summed E-state index contributed by atoms with van der Waals surface area (Å²) < 4.78 is 5.34. The topological polar surface area (TPSA) is 135 Å². The minimum atomic E-state index is -0.658. The molecule has 1 aliphatic rings. The van der Waals surface area contributed by atoms with Crippen LogP contribution in [0.15, 0.2) is 42.5 Å². The molecule has 1 atom stereocenters. The Morgan fingerprint density at radius 2 is 2.09 bits per heavy atom. The van der Waals surface area contributed by atoms with E-state index in [1.807, 2.05) is 30.3 Å². The number of fused-ring (bicyclic) bond motifs is 2. The molecule has 0 bridgehead atoms. The molecular formula is C24H20N4O5. The van der Waals surface area contributed by atoms with E-state index in [0.29, 0.717) is 28.8 Å². The van der Waals surface area contributed by atoms with Crippen LogP contribution in [0.5, 0.6) is 0 Å². The third kappa shape index (κ3) is 4.50. The molecule has 0 radical (unpaired) electrons. The lowest BCUT2D eigenvalue weighted by Crippen LogP contribution is -2.24. The zero-order chi connectivity index (χ0) is 23.5. The van der Waals surface area contributed by atoms with Crippen molar-refractivity contribution in [2.45, 2.75) is 26.2 Å². The minimum absolute atomic E-state index is 0.0629. The SMILES string of the molecule is CC1CCc2nc3ccccc3c(C(=O)OCC(=O)Nc3ccc([N+](=O)[O-])cc3C#N)c2C1. The number of rotatable bonds is 5. The van der Waals surface area contributed by atoms with Gasteiger partial charge in [0, 0.05) is 23.2 Å². The molecule has 9 nitrogen and oxygen atoms in total. The van der Waals surface area contributed by atoms with Crippen LogP contribution in [0.2, 0.25) is 0 Å². The zero-order valence-electron chi connectivity index (χ0n) is 17.8. The van der Waals surface area contributed by atoms with Gasteiger partial charge >= 0.3 is 5.97 Å². The summed E-state index contributed by atoms with van der Waals surface area (Å²) >= 11 is 0. The second kappa shape index (κ2) is 9.04. The molecule has 1 unspecified atom stereocenters. The molecule has 2 aromatic carbocycles. The molecule has 9 heteroatoms. The van der Waals surface area contributed by atoms with Gasteiger partial charge in [0.05, 0.1) is 27.3 Å². The van der Waals surface area contributed by atoms with Crippen molar-refractivity contribution in [2.24, 2.45) is 5.92 Å². The molecule has 0 saturated carbocycles. The Morgan fingerprint density at radius 3 is 2.85 bits per heavy atom. The first kappa shape index (κ1) is 21.9. The summed E-state index contributed by atoms with van der Waals surface area (Å²) in [5.41, 5.74) is 2.65. The Labute approximate surface area is 189 Å². The van der Waals surface area contributed by atoms with Gasteiger partial charge in [-0.2, -0.15) is 5.26 Å². The van der Waals surface area contributed by atoms with Gasteiger partial charge in [-0.25, -0.2) is 4.79 Å². The van der Waals surface area contributed by atoms with Gasteiger partial charge < -0.3 is 10.1 Å². The van der Waals surface area contributed by atoms with Crippen LogP contribution in [0.4, 0.5) is 11.4 Å². The number of carbonyl (C=O) groups excluding carboxylic acids is 2. The Kier molecular flexibility index (Phi) is 6.00. The number of esters is 1. The number of ether oxygens (including phenoxy) is 1. The van der Waals surface area contributed by atoms with E-state index < -0.39 is 23.4 Å². The number of amides is 1. The van der Waals surface area contributed by atoms with E-state index in [-0.39, 0.29) is 16.9 Å². The Balaban J connectivity index is 1.54. The minimum Gasteiger partial charge on any atom is -0.452 e. The number of nitro benzene ring substituents is 1. The quantitative estimate of drug-likeness (QED) is 0.358. The molecule has 0 fully saturated rings. The van der Waals surface area contributed by atoms with Crippen LogP contribution in [0.3, 0.4) is 0 Å². The van der Waals surface area contributed by atoms with E-state index >= 15 is 0 Å². The van der Waals surface area contributed by atoms with Crippen molar-refractivity contribution in [3.63, 3.8) is 0 Å². The number of hydrogen-bond donors (Lipinski definition) is 1. The second-order valence-corrected chi connectivity index (χ2v) is 8.00.